The Kier molecular flexibility index (Phi) is 3.82. The van der Waals surface area contributed by atoms with E-state index >= 15 is 0 Å². The molecular weight excluding hydrogens is 198 g/mol. The van der Waals surface area contributed by atoms with Crippen LogP contribution in [0.2, 0.25) is 0 Å². The van der Waals surface area contributed by atoms with Crippen molar-refractivity contribution in [3.05, 3.63) is 0 Å². The Balaban J connectivity index is 2.39. The molecule has 1 fully saturated rings. The Labute approximate surface area is 78.6 Å². The van der Waals surface area contributed by atoms with Crippen molar-refractivity contribution in [2.75, 3.05) is 0 Å². The summed E-state index contributed by atoms with van der Waals surface area (Å²) in [6.45, 7) is 0. The minimum absolute atomic E-state index is 0.0379. The van der Waals surface area contributed by atoms with Gasteiger partial charge in [0.25, 0.3) is 0 Å². The van der Waals surface area contributed by atoms with Gasteiger partial charge in [-0.3, -0.25) is 0 Å². The lowest BCUT2D eigenvalue weighted by atomic mass is 9.96. The summed E-state index contributed by atoms with van der Waals surface area (Å²) < 4.78 is 28.1. The van der Waals surface area contributed by atoms with Crippen LogP contribution < -0.4 is 4.72 Å². The zero-order valence-corrected chi connectivity index (χ0v) is 8.40. The van der Waals surface area contributed by atoms with E-state index in [9.17, 15) is 8.42 Å². The minimum atomic E-state index is -3.60. The van der Waals surface area contributed by atoms with Gasteiger partial charge in [-0.15, -0.1) is 0 Å². The SMILES string of the molecule is O=S(=O)(NC1CCCCC1)OS. The molecule has 0 aromatic heterocycles. The summed E-state index contributed by atoms with van der Waals surface area (Å²) in [5, 5.41) is 0. The predicted molar refractivity (Wildman–Crippen MR) is 49.0 cm³/mol. The van der Waals surface area contributed by atoms with Gasteiger partial charge in [0.2, 0.25) is 0 Å². The second-order valence-electron chi connectivity index (χ2n) is 2.98. The number of hydrogen-bond donors (Lipinski definition) is 2. The molecular formula is C6H13NO3S2. The molecule has 0 unspecified atom stereocenters. The highest BCUT2D eigenvalue weighted by Crippen LogP contribution is 2.18. The Morgan fingerprint density at radius 3 is 2.33 bits per heavy atom. The van der Waals surface area contributed by atoms with Crippen LogP contribution >= 0.6 is 12.9 Å². The van der Waals surface area contributed by atoms with Gasteiger partial charge < -0.3 is 0 Å². The minimum Gasteiger partial charge on any atom is -0.189 e. The van der Waals surface area contributed by atoms with Gasteiger partial charge in [-0.1, -0.05) is 19.3 Å². The Morgan fingerprint density at radius 2 is 1.83 bits per heavy atom. The van der Waals surface area contributed by atoms with Crippen molar-refractivity contribution in [1.29, 1.82) is 0 Å². The summed E-state index contributed by atoms with van der Waals surface area (Å²) in [7, 11) is -3.60. The van der Waals surface area contributed by atoms with Gasteiger partial charge in [0.15, 0.2) is 0 Å². The van der Waals surface area contributed by atoms with Crippen molar-refractivity contribution in [3.63, 3.8) is 0 Å². The monoisotopic (exact) mass is 211 g/mol. The highest BCUT2D eigenvalue weighted by atomic mass is 32.3. The Morgan fingerprint density at radius 1 is 1.25 bits per heavy atom. The van der Waals surface area contributed by atoms with E-state index in [1.807, 2.05) is 0 Å². The number of nitrogens with one attached hydrogen (secondary N) is 1. The Bertz CT molecular complexity index is 221. The lowest BCUT2D eigenvalue weighted by molar-refractivity contribution is 0.398. The standard InChI is InChI=1S/C6H13NO3S2/c8-12(9,10-11)7-6-4-2-1-3-5-6/h6-7,11H,1-5H2. The maximum atomic E-state index is 10.9. The summed E-state index contributed by atoms with van der Waals surface area (Å²) in [5.74, 6) is 0. The van der Waals surface area contributed by atoms with Crippen LogP contribution in [-0.4, -0.2) is 14.5 Å². The summed E-state index contributed by atoms with van der Waals surface area (Å²) in [4.78, 5) is 0. The number of hydrogen-bond acceptors (Lipinski definition) is 4. The molecule has 72 valence electrons. The molecule has 0 radical (unpaired) electrons. The maximum Gasteiger partial charge on any atom is 0.346 e. The third-order valence-electron chi connectivity index (χ3n) is 2.01. The van der Waals surface area contributed by atoms with Crippen LogP contribution in [0.25, 0.3) is 0 Å². The maximum absolute atomic E-state index is 10.9. The lowest BCUT2D eigenvalue weighted by Crippen LogP contribution is -2.35. The average Bonchev–Trinajstić information content (AvgIpc) is 2.06. The smallest absolute Gasteiger partial charge is 0.189 e. The molecule has 0 bridgehead atoms. The summed E-state index contributed by atoms with van der Waals surface area (Å²) >= 11 is 3.25. The third-order valence-corrected chi connectivity index (χ3v) is 3.42. The van der Waals surface area contributed by atoms with Crippen LogP contribution in [0.3, 0.4) is 0 Å². The fraction of sp³-hybridized carbons (Fsp3) is 1.00. The second-order valence-corrected chi connectivity index (χ2v) is 4.72. The molecule has 12 heavy (non-hydrogen) atoms. The molecule has 1 aliphatic carbocycles. The van der Waals surface area contributed by atoms with E-state index in [4.69, 9.17) is 0 Å². The number of rotatable bonds is 3. The van der Waals surface area contributed by atoms with Gasteiger partial charge in [0.1, 0.15) is 0 Å². The topological polar surface area (TPSA) is 55.4 Å². The van der Waals surface area contributed by atoms with E-state index in [0.29, 0.717) is 0 Å². The molecule has 0 saturated heterocycles. The van der Waals surface area contributed by atoms with E-state index < -0.39 is 10.3 Å². The van der Waals surface area contributed by atoms with E-state index in [2.05, 4.69) is 21.3 Å². The van der Waals surface area contributed by atoms with E-state index in [1.54, 1.807) is 0 Å². The highest BCUT2D eigenvalue weighted by Gasteiger charge is 2.19. The summed E-state index contributed by atoms with van der Waals surface area (Å²) in [6.07, 6.45) is 5.16. The van der Waals surface area contributed by atoms with Crippen molar-refractivity contribution in [2.24, 2.45) is 0 Å². The molecule has 4 nitrogen and oxygen atoms in total. The third kappa shape index (κ3) is 3.30. The van der Waals surface area contributed by atoms with E-state index in [-0.39, 0.29) is 6.04 Å². The first kappa shape index (κ1) is 10.3. The second kappa shape index (κ2) is 4.45. The molecule has 1 aliphatic rings. The van der Waals surface area contributed by atoms with Gasteiger partial charge in [-0.2, -0.15) is 16.8 Å². The molecule has 0 heterocycles. The largest absolute Gasteiger partial charge is 0.346 e. The first-order valence-corrected chi connectivity index (χ1v) is 5.77. The first-order chi connectivity index (χ1) is 5.64. The molecule has 6 heteroatoms. The van der Waals surface area contributed by atoms with Crippen LogP contribution in [0.1, 0.15) is 32.1 Å². The Hall–Kier alpha value is 0.220. The van der Waals surface area contributed by atoms with Crippen LogP contribution in [-0.2, 0) is 13.9 Å². The molecule has 0 spiro atoms. The van der Waals surface area contributed by atoms with Crippen molar-refractivity contribution >= 4 is 23.2 Å². The summed E-state index contributed by atoms with van der Waals surface area (Å²) in [5.41, 5.74) is 0. The molecule has 1 rings (SSSR count). The van der Waals surface area contributed by atoms with Gasteiger partial charge in [0.05, 0.1) is 0 Å². The normalized spacial score (nSPS) is 21.1. The van der Waals surface area contributed by atoms with Crippen LogP contribution in [0, 0.1) is 0 Å². The molecule has 0 aromatic rings. The molecule has 0 amide bonds. The quantitative estimate of drug-likeness (QED) is 0.541. The molecule has 0 aromatic carbocycles. The average molecular weight is 211 g/mol. The zero-order chi connectivity index (χ0) is 9.03. The molecule has 0 atom stereocenters. The fourth-order valence-electron chi connectivity index (χ4n) is 1.45. The predicted octanol–water partition coefficient (Wildman–Crippen LogP) is 1.01. The first-order valence-electron chi connectivity index (χ1n) is 3.99. The van der Waals surface area contributed by atoms with Gasteiger partial charge >= 0.3 is 10.3 Å². The van der Waals surface area contributed by atoms with Gasteiger partial charge in [-0.05, 0) is 25.8 Å². The van der Waals surface area contributed by atoms with Crippen molar-refractivity contribution in [3.8, 4) is 0 Å². The fourth-order valence-corrected chi connectivity index (χ4v) is 2.26. The van der Waals surface area contributed by atoms with Crippen LogP contribution in [0.5, 0.6) is 0 Å². The lowest BCUT2D eigenvalue weighted by Gasteiger charge is -2.21. The molecule has 1 N–H and O–H groups in total. The van der Waals surface area contributed by atoms with E-state index in [0.717, 1.165) is 25.7 Å². The highest BCUT2D eigenvalue weighted by molar-refractivity contribution is 7.94. The number of thiol groups is 1. The van der Waals surface area contributed by atoms with Crippen molar-refractivity contribution in [2.45, 2.75) is 38.1 Å². The zero-order valence-electron chi connectivity index (χ0n) is 6.69. The van der Waals surface area contributed by atoms with Crippen LogP contribution in [0.4, 0.5) is 0 Å². The van der Waals surface area contributed by atoms with Crippen molar-refractivity contribution in [1.82, 2.24) is 4.72 Å². The van der Waals surface area contributed by atoms with Gasteiger partial charge in [0, 0.05) is 6.04 Å². The van der Waals surface area contributed by atoms with Gasteiger partial charge in [-0.25, -0.2) is 0 Å². The molecule has 0 aliphatic heterocycles. The molecule has 1 saturated carbocycles. The summed E-state index contributed by atoms with van der Waals surface area (Å²) in [6, 6.07) is 0.0379. The van der Waals surface area contributed by atoms with Crippen molar-refractivity contribution < 1.29 is 12.0 Å². The van der Waals surface area contributed by atoms with E-state index in [1.165, 1.54) is 6.42 Å². The van der Waals surface area contributed by atoms with Crippen LogP contribution in [0.15, 0.2) is 0 Å².